The van der Waals surface area contributed by atoms with E-state index in [1.165, 1.54) is 56.1 Å². The molecule has 2 aromatic rings. The zero-order valence-electron chi connectivity index (χ0n) is 24.1. The Hall–Kier alpha value is -2.33. The number of ether oxygens (including phenoxy) is 2. The van der Waals surface area contributed by atoms with Crippen LogP contribution in [0, 0.1) is 5.92 Å². The van der Waals surface area contributed by atoms with Gasteiger partial charge in [0.15, 0.2) is 0 Å². The number of esters is 1. The van der Waals surface area contributed by atoms with E-state index in [0.29, 0.717) is 13.2 Å². The number of para-hydroxylation sites is 1. The van der Waals surface area contributed by atoms with Crippen molar-refractivity contribution >= 4 is 5.97 Å². The van der Waals surface area contributed by atoms with E-state index in [1.54, 1.807) is 0 Å². The van der Waals surface area contributed by atoms with Gasteiger partial charge in [-0.1, -0.05) is 101 Å². The summed E-state index contributed by atoms with van der Waals surface area (Å²) in [5.41, 5.74) is 2.60. The summed E-state index contributed by atoms with van der Waals surface area (Å²) >= 11 is 0. The highest BCUT2D eigenvalue weighted by molar-refractivity contribution is 5.72. The van der Waals surface area contributed by atoms with Gasteiger partial charge in [0.1, 0.15) is 18.2 Å². The van der Waals surface area contributed by atoms with Crippen molar-refractivity contribution in [3.8, 4) is 5.75 Å². The van der Waals surface area contributed by atoms with Crippen LogP contribution < -0.4 is 4.74 Å². The van der Waals surface area contributed by atoms with Crippen molar-refractivity contribution in [1.82, 2.24) is 0 Å². The predicted octanol–water partition coefficient (Wildman–Crippen LogP) is 7.98. The van der Waals surface area contributed by atoms with Crippen molar-refractivity contribution < 1.29 is 18.8 Å². The SMILES string of the molecule is CCCCCCCCCc1ccccc1OCCCCOC(=O)C(CC)C[N+](C)(C)Cc1ccccc1. The lowest BCUT2D eigenvalue weighted by Crippen LogP contribution is -2.44. The minimum absolute atomic E-state index is 0.0669. The van der Waals surface area contributed by atoms with E-state index < -0.39 is 0 Å². The molecule has 0 saturated carbocycles. The molecule has 37 heavy (non-hydrogen) atoms. The van der Waals surface area contributed by atoms with Gasteiger partial charge in [0.25, 0.3) is 0 Å². The highest BCUT2D eigenvalue weighted by atomic mass is 16.5. The number of carbonyl (C=O) groups excluding carboxylic acids is 1. The summed E-state index contributed by atoms with van der Waals surface area (Å²) in [7, 11) is 4.37. The van der Waals surface area contributed by atoms with E-state index in [-0.39, 0.29) is 11.9 Å². The van der Waals surface area contributed by atoms with Crippen LogP contribution >= 0.6 is 0 Å². The van der Waals surface area contributed by atoms with E-state index in [1.807, 2.05) is 12.1 Å². The number of quaternary nitrogens is 1. The Balaban J connectivity index is 1.64. The van der Waals surface area contributed by atoms with Gasteiger partial charge in [-0.2, -0.15) is 0 Å². The van der Waals surface area contributed by atoms with Crippen LogP contribution in [-0.2, 0) is 22.5 Å². The van der Waals surface area contributed by atoms with Gasteiger partial charge in [0.2, 0.25) is 0 Å². The monoisotopic (exact) mass is 510 g/mol. The third-order valence-electron chi connectivity index (χ3n) is 7.06. The van der Waals surface area contributed by atoms with Gasteiger partial charge in [-0.3, -0.25) is 4.79 Å². The number of aryl methyl sites for hydroxylation is 1. The topological polar surface area (TPSA) is 35.5 Å². The Labute approximate surface area is 227 Å². The molecule has 0 fully saturated rings. The second kappa shape index (κ2) is 18.0. The van der Waals surface area contributed by atoms with Crippen LogP contribution in [0.2, 0.25) is 0 Å². The second-order valence-electron chi connectivity index (χ2n) is 11.1. The highest BCUT2D eigenvalue weighted by Crippen LogP contribution is 2.21. The van der Waals surface area contributed by atoms with Crippen LogP contribution in [0.15, 0.2) is 54.6 Å². The van der Waals surface area contributed by atoms with E-state index in [0.717, 1.165) is 49.0 Å². The molecule has 0 N–H and O–H groups in total. The van der Waals surface area contributed by atoms with Gasteiger partial charge in [0, 0.05) is 5.56 Å². The number of carbonyl (C=O) groups is 1. The Morgan fingerprint density at radius 2 is 1.43 bits per heavy atom. The maximum Gasteiger partial charge on any atom is 0.314 e. The van der Waals surface area contributed by atoms with Crippen molar-refractivity contribution in [2.24, 2.45) is 5.92 Å². The average Bonchev–Trinajstić information content (AvgIpc) is 2.89. The molecule has 0 aromatic heterocycles. The molecule has 0 amide bonds. The Bertz CT molecular complexity index is 865. The van der Waals surface area contributed by atoms with Gasteiger partial charge in [-0.15, -0.1) is 0 Å². The standard InChI is InChI=1S/C33H52NO3/c1-5-7-8-9-10-11-15-22-31-23-16-17-24-32(31)36-25-18-19-26-37-33(35)30(6-2)28-34(3,4)27-29-20-13-12-14-21-29/h12-14,16-17,20-21,23-24,30H,5-11,15,18-19,22,25-28H2,1-4H3/q+1. The molecule has 0 radical (unpaired) electrons. The lowest BCUT2D eigenvalue weighted by atomic mass is 10.0. The molecule has 0 bridgehead atoms. The predicted molar refractivity (Wildman–Crippen MR) is 155 cm³/mol. The third-order valence-corrected chi connectivity index (χ3v) is 7.06. The summed E-state index contributed by atoms with van der Waals surface area (Å²) in [6.45, 7) is 7.15. The minimum atomic E-state index is -0.0755. The number of hydrogen-bond acceptors (Lipinski definition) is 3. The molecule has 0 heterocycles. The van der Waals surface area contributed by atoms with Crippen LogP contribution in [0.4, 0.5) is 0 Å². The van der Waals surface area contributed by atoms with E-state index >= 15 is 0 Å². The average molecular weight is 511 g/mol. The first-order chi connectivity index (χ1) is 17.9. The maximum atomic E-state index is 12.7. The zero-order valence-corrected chi connectivity index (χ0v) is 24.1. The van der Waals surface area contributed by atoms with Gasteiger partial charge in [-0.05, 0) is 43.7 Å². The molecule has 2 aromatic carbocycles. The van der Waals surface area contributed by atoms with E-state index in [4.69, 9.17) is 9.47 Å². The van der Waals surface area contributed by atoms with Crippen molar-refractivity contribution in [2.45, 2.75) is 91.0 Å². The molecule has 0 saturated heterocycles. The lowest BCUT2D eigenvalue weighted by molar-refractivity contribution is -0.906. The van der Waals surface area contributed by atoms with Gasteiger partial charge < -0.3 is 14.0 Å². The van der Waals surface area contributed by atoms with Crippen LogP contribution in [0.25, 0.3) is 0 Å². The van der Waals surface area contributed by atoms with Crippen LogP contribution in [0.5, 0.6) is 5.75 Å². The highest BCUT2D eigenvalue weighted by Gasteiger charge is 2.27. The van der Waals surface area contributed by atoms with Crippen molar-refractivity contribution in [3.63, 3.8) is 0 Å². The fraction of sp³-hybridized carbons (Fsp3) is 0.606. The van der Waals surface area contributed by atoms with Gasteiger partial charge in [0.05, 0.1) is 33.9 Å². The first kappa shape index (κ1) is 30.9. The molecule has 0 aliphatic carbocycles. The summed E-state index contributed by atoms with van der Waals surface area (Å²) in [6.07, 6.45) is 12.8. The van der Waals surface area contributed by atoms with Crippen molar-refractivity contribution in [1.29, 1.82) is 0 Å². The lowest BCUT2D eigenvalue weighted by Gasteiger charge is -2.32. The first-order valence-corrected chi connectivity index (χ1v) is 14.7. The molecule has 2 rings (SSSR count). The summed E-state index contributed by atoms with van der Waals surface area (Å²) in [5, 5.41) is 0. The van der Waals surface area contributed by atoms with Crippen LogP contribution in [-0.4, -0.2) is 44.3 Å². The van der Waals surface area contributed by atoms with Gasteiger partial charge >= 0.3 is 5.97 Å². The summed E-state index contributed by atoms with van der Waals surface area (Å²) in [5.74, 6) is 0.867. The normalized spacial score (nSPS) is 12.3. The van der Waals surface area contributed by atoms with Gasteiger partial charge in [-0.25, -0.2) is 0 Å². The smallest absolute Gasteiger partial charge is 0.314 e. The Morgan fingerprint density at radius 1 is 0.784 bits per heavy atom. The molecule has 1 atom stereocenters. The second-order valence-corrected chi connectivity index (χ2v) is 11.1. The van der Waals surface area contributed by atoms with Crippen molar-refractivity contribution in [2.75, 3.05) is 33.9 Å². The fourth-order valence-corrected chi connectivity index (χ4v) is 4.91. The Kier molecular flexibility index (Phi) is 15.0. The molecular weight excluding hydrogens is 458 g/mol. The summed E-state index contributed by atoms with van der Waals surface area (Å²) < 4.78 is 12.5. The van der Waals surface area contributed by atoms with Crippen molar-refractivity contribution in [3.05, 3.63) is 65.7 Å². The third kappa shape index (κ3) is 13.2. The zero-order chi connectivity index (χ0) is 26.8. The molecule has 4 nitrogen and oxygen atoms in total. The fourth-order valence-electron chi connectivity index (χ4n) is 4.91. The molecule has 0 aliphatic heterocycles. The van der Waals surface area contributed by atoms with Crippen LogP contribution in [0.3, 0.4) is 0 Å². The number of unbranched alkanes of at least 4 members (excludes halogenated alkanes) is 7. The molecule has 1 unspecified atom stereocenters. The van der Waals surface area contributed by atoms with E-state index in [2.05, 4.69) is 70.4 Å². The van der Waals surface area contributed by atoms with Crippen LogP contribution in [0.1, 0.15) is 89.2 Å². The summed E-state index contributed by atoms with van der Waals surface area (Å²) in [4.78, 5) is 12.7. The van der Waals surface area contributed by atoms with E-state index in [9.17, 15) is 4.79 Å². The number of benzene rings is 2. The quantitative estimate of drug-likeness (QED) is 0.103. The molecular formula is C33H52NO3+. The number of rotatable bonds is 20. The summed E-state index contributed by atoms with van der Waals surface area (Å²) in [6, 6.07) is 18.9. The number of hydrogen-bond donors (Lipinski definition) is 0. The molecule has 206 valence electrons. The first-order valence-electron chi connectivity index (χ1n) is 14.7. The number of nitrogens with zero attached hydrogens (tertiary/aromatic N) is 1. The molecule has 4 heteroatoms. The maximum absolute atomic E-state index is 12.7. The molecule has 0 aliphatic rings. The largest absolute Gasteiger partial charge is 0.493 e. The Morgan fingerprint density at radius 3 is 2.16 bits per heavy atom. The molecule has 0 spiro atoms. The minimum Gasteiger partial charge on any atom is -0.493 e.